The third-order valence-electron chi connectivity index (χ3n) is 2.80. The molecule has 0 aliphatic carbocycles. The number of rotatable bonds is 5. The average Bonchev–Trinajstić information content (AvgIpc) is 2.19. The summed E-state index contributed by atoms with van der Waals surface area (Å²) in [5.41, 5.74) is 0.476. The molecule has 0 aromatic heterocycles. The van der Waals surface area contributed by atoms with Crippen LogP contribution < -0.4 is 10.0 Å². The van der Waals surface area contributed by atoms with E-state index in [0.717, 1.165) is 13.0 Å². The maximum Gasteiger partial charge on any atom is 0.232 e. The Morgan fingerprint density at radius 2 is 2.00 bits per heavy atom. The van der Waals surface area contributed by atoms with Gasteiger partial charge in [0.1, 0.15) is 5.75 Å². The molecule has 0 saturated carbocycles. The van der Waals surface area contributed by atoms with Gasteiger partial charge in [-0.05, 0) is 43.7 Å². The fourth-order valence-electron chi connectivity index (χ4n) is 1.65. The zero-order valence-corrected chi connectivity index (χ0v) is 10.2. The molecule has 17 heavy (non-hydrogen) atoms. The van der Waals surface area contributed by atoms with Crippen molar-refractivity contribution in [3.8, 4) is 5.75 Å². The van der Waals surface area contributed by atoms with Crippen LogP contribution in [0.5, 0.6) is 5.75 Å². The molecule has 1 aliphatic heterocycles. The Hall–Kier alpha value is -1.27. The van der Waals surface area contributed by atoms with Crippen LogP contribution in [0.2, 0.25) is 0 Å². The average molecular weight is 256 g/mol. The Morgan fingerprint density at radius 1 is 1.35 bits per heavy atom. The molecule has 2 rings (SSSR count). The minimum absolute atomic E-state index is 0.117. The summed E-state index contributed by atoms with van der Waals surface area (Å²) in [6.07, 6.45) is 1.68. The Balaban J connectivity index is 1.89. The maximum absolute atomic E-state index is 11.7. The highest BCUT2D eigenvalue weighted by Crippen LogP contribution is 2.16. The van der Waals surface area contributed by atoms with Crippen molar-refractivity contribution in [1.82, 2.24) is 5.32 Å². The molecular formula is C11H16N2O3S. The highest BCUT2D eigenvalue weighted by Gasteiger charge is 2.19. The molecule has 1 unspecified atom stereocenters. The van der Waals surface area contributed by atoms with Gasteiger partial charge in [-0.3, -0.25) is 4.72 Å². The van der Waals surface area contributed by atoms with Crippen LogP contribution in [-0.4, -0.2) is 31.9 Å². The summed E-state index contributed by atoms with van der Waals surface area (Å²) in [6, 6.07) is 6.31. The van der Waals surface area contributed by atoms with Gasteiger partial charge in [0, 0.05) is 11.7 Å². The fourth-order valence-corrected chi connectivity index (χ4v) is 2.84. The molecule has 0 radical (unpaired) electrons. The van der Waals surface area contributed by atoms with Gasteiger partial charge in [0.05, 0.1) is 5.75 Å². The third kappa shape index (κ3) is 3.61. The summed E-state index contributed by atoms with van der Waals surface area (Å²) in [5, 5.41) is 12.2. The van der Waals surface area contributed by atoms with Crippen LogP contribution >= 0.6 is 0 Å². The van der Waals surface area contributed by atoms with Crippen molar-refractivity contribution in [2.45, 2.75) is 18.9 Å². The van der Waals surface area contributed by atoms with Crippen molar-refractivity contribution < 1.29 is 13.5 Å². The van der Waals surface area contributed by atoms with E-state index in [1.807, 2.05) is 0 Å². The second-order valence-corrected chi connectivity index (χ2v) is 6.04. The lowest BCUT2D eigenvalue weighted by Crippen LogP contribution is -2.44. The van der Waals surface area contributed by atoms with Crippen molar-refractivity contribution in [2.75, 3.05) is 17.0 Å². The number of sulfonamides is 1. The zero-order chi connectivity index (χ0) is 12.3. The maximum atomic E-state index is 11.7. The van der Waals surface area contributed by atoms with Crippen molar-refractivity contribution in [2.24, 2.45) is 0 Å². The molecule has 94 valence electrons. The van der Waals surface area contributed by atoms with Gasteiger partial charge < -0.3 is 10.4 Å². The fraction of sp³-hybridized carbons (Fsp3) is 0.455. The van der Waals surface area contributed by atoms with Gasteiger partial charge in [-0.25, -0.2) is 8.42 Å². The highest BCUT2D eigenvalue weighted by atomic mass is 32.2. The number of phenols is 1. The number of hydrogen-bond donors (Lipinski definition) is 3. The Labute approximate surface area is 101 Å². The molecule has 1 aliphatic rings. The Morgan fingerprint density at radius 3 is 2.53 bits per heavy atom. The molecule has 1 saturated heterocycles. The monoisotopic (exact) mass is 256 g/mol. The molecule has 1 heterocycles. The van der Waals surface area contributed by atoms with E-state index in [1.54, 1.807) is 0 Å². The molecule has 3 N–H and O–H groups in total. The molecular weight excluding hydrogens is 240 g/mol. The van der Waals surface area contributed by atoms with Gasteiger partial charge >= 0.3 is 0 Å². The summed E-state index contributed by atoms with van der Waals surface area (Å²) < 4.78 is 25.9. The standard InChI is InChI=1S/C11H16N2O3S/c14-11-3-1-10(2-4-11)13-17(15,16)8-6-9-5-7-12-9/h1-4,9,12-14H,5-8H2. The van der Waals surface area contributed by atoms with Crippen LogP contribution in [0.25, 0.3) is 0 Å². The summed E-state index contributed by atoms with van der Waals surface area (Å²) in [5.74, 6) is 0.234. The molecule has 1 fully saturated rings. The van der Waals surface area contributed by atoms with Crippen LogP contribution in [0.1, 0.15) is 12.8 Å². The van der Waals surface area contributed by atoms with Gasteiger partial charge in [-0.15, -0.1) is 0 Å². The topological polar surface area (TPSA) is 78.4 Å². The van der Waals surface area contributed by atoms with E-state index in [-0.39, 0.29) is 11.5 Å². The van der Waals surface area contributed by atoms with Crippen molar-refractivity contribution >= 4 is 15.7 Å². The normalized spacial score (nSPS) is 19.6. The molecule has 1 aromatic rings. The van der Waals surface area contributed by atoms with Crippen LogP contribution in [0.15, 0.2) is 24.3 Å². The van der Waals surface area contributed by atoms with E-state index in [2.05, 4.69) is 10.0 Å². The predicted molar refractivity (Wildman–Crippen MR) is 66.5 cm³/mol. The molecule has 0 amide bonds. The van der Waals surface area contributed by atoms with Gasteiger partial charge in [0.25, 0.3) is 0 Å². The van der Waals surface area contributed by atoms with E-state index in [1.165, 1.54) is 24.3 Å². The first-order valence-electron chi connectivity index (χ1n) is 5.58. The van der Waals surface area contributed by atoms with Crippen molar-refractivity contribution in [3.63, 3.8) is 0 Å². The molecule has 1 aromatic carbocycles. The lowest BCUT2D eigenvalue weighted by Gasteiger charge is -2.27. The highest BCUT2D eigenvalue weighted by molar-refractivity contribution is 7.92. The number of phenolic OH excluding ortho intramolecular Hbond substituents is 1. The Kier molecular flexibility index (Phi) is 3.54. The van der Waals surface area contributed by atoms with Gasteiger partial charge in [0.2, 0.25) is 10.0 Å². The Bertz CT molecular complexity index is 466. The van der Waals surface area contributed by atoms with E-state index < -0.39 is 10.0 Å². The molecule has 5 nitrogen and oxygen atoms in total. The van der Waals surface area contributed by atoms with E-state index in [0.29, 0.717) is 18.2 Å². The van der Waals surface area contributed by atoms with Crippen molar-refractivity contribution in [3.05, 3.63) is 24.3 Å². The van der Waals surface area contributed by atoms with Gasteiger partial charge in [0.15, 0.2) is 0 Å². The van der Waals surface area contributed by atoms with E-state index in [4.69, 9.17) is 5.11 Å². The summed E-state index contributed by atoms with van der Waals surface area (Å²) >= 11 is 0. The molecule has 0 bridgehead atoms. The second kappa shape index (κ2) is 4.93. The first-order valence-corrected chi connectivity index (χ1v) is 7.23. The predicted octanol–water partition coefficient (Wildman–Crippen LogP) is 0.886. The lowest BCUT2D eigenvalue weighted by molar-refractivity contribution is 0.362. The minimum atomic E-state index is -3.29. The zero-order valence-electron chi connectivity index (χ0n) is 9.39. The number of benzene rings is 1. The number of aromatic hydroxyl groups is 1. The molecule has 0 spiro atoms. The van der Waals surface area contributed by atoms with Crippen LogP contribution in [0.4, 0.5) is 5.69 Å². The van der Waals surface area contributed by atoms with E-state index >= 15 is 0 Å². The van der Waals surface area contributed by atoms with Crippen LogP contribution in [0.3, 0.4) is 0 Å². The van der Waals surface area contributed by atoms with Crippen LogP contribution in [0, 0.1) is 0 Å². The molecule has 6 heteroatoms. The summed E-state index contributed by atoms with van der Waals surface area (Å²) in [6.45, 7) is 0.982. The second-order valence-electron chi connectivity index (χ2n) is 4.20. The lowest BCUT2D eigenvalue weighted by atomic mass is 10.1. The number of nitrogens with one attached hydrogen (secondary N) is 2. The largest absolute Gasteiger partial charge is 0.508 e. The minimum Gasteiger partial charge on any atom is -0.508 e. The van der Waals surface area contributed by atoms with Crippen molar-refractivity contribution in [1.29, 1.82) is 0 Å². The van der Waals surface area contributed by atoms with Gasteiger partial charge in [-0.1, -0.05) is 0 Å². The third-order valence-corrected chi connectivity index (χ3v) is 4.12. The SMILES string of the molecule is O=S(=O)(CCC1CCN1)Nc1ccc(O)cc1. The number of hydrogen-bond acceptors (Lipinski definition) is 4. The number of anilines is 1. The first-order chi connectivity index (χ1) is 8.05. The van der Waals surface area contributed by atoms with Gasteiger partial charge in [-0.2, -0.15) is 0 Å². The summed E-state index contributed by atoms with van der Waals surface area (Å²) in [7, 11) is -3.29. The first kappa shape index (κ1) is 12.2. The van der Waals surface area contributed by atoms with Crippen LogP contribution in [-0.2, 0) is 10.0 Å². The smallest absolute Gasteiger partial charge is 0.232 e. The van der Waals surface area contributed by atoms with E-state index in [9.17, 15) is 8.42 Å². The summed E-state index contributed by atoms with van der Waals surface area (Å²) in [4.78, 5) is 0. The quantitative estimate of drug-likeness (QED) is 0.684. The molecule has 1 atom stereocenters.